The maximum absolute atomic E-state index is 11.3. The highest BCUT2D eigenvalue weighted by atomic mass is 35.5. The lowest BCUT2D eigenvalue weighted by Gasteiger charge is -2.33. The largest absolute Gasteiger partial charge is 0.459 e. The predicted molar refractivity (Wildman–Crippen MR) is 161 cm³/mol. The van der Waals surface area contributed by atoms with Gasteiger partial charge in [0.15, 0.2) is 5.11 Å². The third-order valence-corrected chi connectivity index (χ3v) is 8.31. The lowest BCUT2D eigenvalue weighted by molar-refractivity contribution is -0.384. The number of hydrogen-bond acceptors (Lipinski definition) is 6. The fraction of sp³-hybridized carbons (Fsp3) is 0.267. The first-order valence-corrected chi connectivity index (χ1v) is 14.1. The first-order valence-electron chi connectivity index (χ1n) is 13.3. The number of pyridine rings is 1. The van der Waals surface area contributed by atoms with Crippen molar-refractivity contribution >= 4 is 46.0 Å². The molecule has 4 aromatic rings. The number of rotatable bonds is 6. The van der Waals surface area contributed by atoms with Gasteiger partial charge in [-0.3, -0.25) is 15.1 Å². The molecule has 2 aliphatic heterocycles. The summed E-state index contributed by atoms with van der Waals surface area (Å²) in [5.41, 5.74) is 3.31. The molecule has 40 heavy (non-hydrogen) atoms. The molecule has 10 heteroatoms. The van der Waals surface area contributed by atoms with Gasteiger partial charge in [0.05, 0.1) is 27.4 Å². The summed E-state index contributed by atoms with van der Waals surface area (Å²) in [7, 11) is 0. The van der Waals surface area contributed by atoms with Crippen LogP contribution in [0.4, 0.5) is 17.1 Å². The molecular formula is C30H28ClN5O3S. The van der Waals surface area contributed by atoms with E-state index in [0.717, 1.165) is 48.9 Å². The van der Waals surface area contributed by atoms with E-state index >= 15 is 0 Å². The number of hydrogen-bond donors (Lipinski definition) is 1. The summed E-state index contributed by atoms with van der Waals surface area (Å²) in [6, 6.07) is 21.3. The summed E-state index contributed by atoms with van der Waals surface area (Å²) in [4.78, 5) is 19.9. The molecule has 0 unspecified atom stereocenters. The molecule has 2 aromatic carbocycles. The number of piperidine rings is 1. The molecule has 8 nitrogen and oxygen atoms in total. The van der Waals surface area contributed by atoms with Gasteiger partial charge in [-0.05, 0) is 73.4 Å². The molecule has 4 heterocycles. The Labute approximate surface area is 242 Å². The van der Waals surface area contributed by atoms with Gasteiger partial charge in [-0.2, -0.15) is 0 Å². The normalized spacial score (nSPS) is 19.6. The molecule has 0 amide bonds. The van der Waals surface area contributed by atoms with Crippen molar-refractivity contribution in [2.45, 2.75) is 31.8 Å². The van der Waals surface area contributed by atoms with Crippen molar-refractivity contribution in [3.63, 3.8) is 0 Å². The maximum Gasteiger partial charge on any atom is 0.270 e. The molecule has 0 radical (unpaired) electrons. The maximum atomic E-state index is 11.3. The molecular weight excluding hydrogens is 546 g/mol. The number of halogens is 1. The molecule has 1 N–H and O–H groups in total. The fourth-order valence-electron chi connectivity index (χ4n) is 5.51. The standard InChI is InChI=1S/C30H28ClN5O3S/c1-19-12-15-34(16-13-19)25-9-8-21(18-23(25)31)35-29(28(33-30(35)40)24-7-2-3-14-32-24)27-11-10-26(39-27)20-5-4-6-22(17-20)36(37)38/h2-11,14,17-19,28-29H,12-13,15-16H2,1H3,(H,33,40)/t28-,29+/m0/s1. The average molecular weight is 574 g/mol. The fourth-order valence-corrected chi connectivity index (χ4v) is 6.15. The van der Waals surface area contributed by atoms with Gasteiger partial charge in [-0.15, -0.1) is 0 Å². The van der Waals surface area contributed by atoms with Gasteiger partial charge in [-0.25, -0.2) is 0 Å². The van der Waals surface area contributed by atoms with Gasteiger partial charge in [0.1, 0.15) is 17.6 Å². The zero-order valence-electron chi connectivity index (χ0n) is 21.9. The highest BCUT2D eigenvalue weighted by Gasteiger charge is 2.43. The molecule has 0 aliphatic carbocycles. The van der Waals surface area contributed by atoms with Gasteiger partial charge in [0.2, 0.25) is 0 Å². The van der Waals surface area contributed by atoms with Crippen molar-refractivity contribution in [3.8, 4) is 11.3 Å². The SMILES string of the molecule is CC1CCN(c2ccc(N3C(=S)N[C@@H](c4ccccn4)[C@H]3c3ccc(-c4cccc([N+](=O)[O-])c4)o3)cc2Cl)CC1. The average Bonchev–Trinajstić information content (AvgIpc) is 3.59. The van der Waals surface area contributed by atoms with Crippen LogP contribution in [0.3, 0.4) is 0 Å². The van der Waals surface area contributed by atoms with Crippen LogP contribution in [-0.2, 0) is 0 Å². The van der Waals surface area contributed by atoms with Gasteiger partial charge in [-0.1, -0.05) is 36.7 Å². The number of nitrogens with zero attached hydrogens (tertiary/aromatic N) is 4. The zero-order valence-corrected chi connectivity index (χ0v) is 23.4. The minimum absolute atomic E-state index is 0.00467. The van der Waals surface area contributed by atoms with E-state index in [4.69, 9.17) is 28.2 Å². The zero-order chi connectivity index (χ0) is 27.8. The molecule has 0 saturated carbocycles. The number of aromatic nitrogens is 1. The quantitative estimate of drug-likeness (QED) is 0.146. The number of thiocarbonyl (C=S) groups is 1. The molecule has 2 saturated heterocycles. The Morgan fingerprint density at radius 1 is 1.07 bits per heavy atom. The third-order valence-electron chi connectivity index (χ3n) is 7.69. The van der Waals surface area contributed by atoms with E-state index in [-0.39, 0.29) is 17.8 Å². The highest BCUT2D eigenvalue weighted by Crippen LogP contribution is 2.44. The van der Waals surface area contributed by atoms with Crippen LogP contribution in [0.2, 0.25) is 5.02 Å². The lowest BCUT2D eigenvalue weighted by atomic mass is 9.98. The van der Waals surface area contributed by atoms with Crippen molar-refractivity contribution in [2.75, 3.05) is 22.9 Å². The van der Waals surface area contributed by atoms with Crippen molar-refractivity contribution in [3.05, 3.63) is 106 Å². The Bertz CT molecular complexity index is 1550. The summed E-state index contributed by atoms with van der Waals surface area (Å²) < 4.78 is 6.37. The van der Waals surface area contributed by atoms with Gasteiger partial charge in [0.25, 0.3) is 5.69 Å². The summed E-state index contributed by atoms with van der Waals surface area (Å²) in [6.45, 7) is 4.27. The number of anilines is 2. The molecule has 2 aromatic heterocycles. The summed E-state index contributed by atoms with van der Waals surface area (Å²) in [5, 5.41) is 16.0. The van der Waals surface area contributed by atoms with Crippen LogP contribution in [0.1, 0.15) is 43.3 Å². The monoisotopic (exact) mass is 573 g/mol. The number of furan rings is 1. The molecule has 2 atom stereocenters. The van der Waals surface area contributed by atoms with Crippen molar-refractivity contribution in [1.82, 2.24) is 10.3 Å². The summed E-state index contributed by atoms with van der Waals surface area (Å²) >= 11 is 12.7. The van der Waals surface area contributed by atoms with Crippen LogP contribution in [-0.4, -0.2) is 28.1 Å². The Morgan fingerprint density at radius 3 is 2.62 bits per heavy atom. The molecule has 0 spiro atoms. The van der Waals surface area contributed by atoms with E-state index in [9.17, 15) is 10.1 Å². The smallest absolute Gasteiger partial charge is 0.270 e. The van der Waals surface area contributed by atoms with Crippen LogP contribution in [0, 0.1) is 16.0 Å². The van der Waals surface area contributed by atoms with Gasteiger partial charge < -0.3 is 19.5 Å². The minimum Gasteiger partial charge on any atom is -0.459 e. The second-order valence-corrected chi connectivity index (χ2v) is 11.1. The third kappa shape index (κ3) is 5.02. The van der Waals surface area contributed by atoms with Crippen LogP contribution in [0.15, 0.2) is 83.4 Å². The lowest BCUT2D eigenvalue weighted by Crippen LogP contribution is -2.33. The van der Waals surface area contributed by atoms with Crippen LogP contribution < -0.4 is 15.1 Å². The number of benzene rings is 2. The van der Waals surface area contributed by atoms with Crippen molar-refractivity contribution in [2.24, 2.45) is 5.92 Å². The number of non-ortho nitro benzene ring substituents is 1. The van der Waals surface area contributed by atoms with E-state index in [2.05, 4.69) is 28.2 Å². The second-order valence-electron chi connectivity index (χ2n) is 10.3. The van der Waals surface area contributed by atoms with Crippen LogP contribution >= 0.6 is 23.8 Å². The summed E-state index contributed by atoms with van der Waals surface area (Å²) in [6.07, 6.45) is 4.05. The Balaban J connectivity index is 1.38. The first kappa shape index (κ1) is 26.3. The minimum atomic E-state index is -0.413. The predicted octanol–water partition coefficient (Wildman–Crippen LogP) is 7.32. The van der Waals surface area contributed by atoms with Crippen LogP contribution in [0.25, 0.3) is 11.3 Å². The highest BCUT2D eigenvalue weighted by molar-refractivity contribution is 7.80. The topological polar surface area (TPSA) is 87.7 Å². The van der Waals surface area contributed by atoms with E-state index in [0.29, 0.717) is 27.2 Å². The van der Waals surface area contributed by atoms with E-state index < -0.39 is 4.92 Å². The second kappa shape index (κ2) is 10.9. The molecule has 6 rings (SSSR count). The molecule has 2 aliphatic rings. The van der Waals surface area contributed by atoms with Gasteiger partial charge >= 0.3 is 0 Å². The number of nitro groups is 1. The van der Waals surface area contributed by atoms with Crippen LogP contribution in [0.5, 0.6) is 0 Å². The first-order chi connectivity index (χ1) is 19.4. The Kier molecular flexibility index (Phi) is 7.16. The summed E-state index contributed by atoms with van der Waals surface area (Å²) in [5.74, 6) is 1.91. The molecule has 204 valence electrons. The molecule has 0 bridgehead atoms. The molecule has 2 fully saturated rings. The Hall–Kier alpha value is -3.95. The van der Waals surface area contributed by atoms with Crippen molar-refractivity contribution in [1.29, 1.82) is 0 Å². The van der Waals surface area contributed by atoms with E-state index in [1.807, 2.05) is 47.4 Å². The Morgan fingerprint density at radius 2 is 1.90 bits per heavy atom. The van der Waals surface area contributed by atoms with E-state index in [1.54, 1.807) is 18.3 Å². The van der Waals surface area contributed by atoms with E-state index in [1.165, 1.54) is 12.1 Å². The number of nitro benzene ring substituents is 1. The number of nitrogens with one attached hydrogen (secondary N) is 1. The van der Waals surface area contributed by atoms with Crippen molar-refractivity contribution < 1.29 is 9.34 Å². The van der Waals surface area contributed by atoms with Gasteiger partial charge in [0, 0.05) is 42.7 Å².